The minimum atomic E-state index is -3.04. The Labute approximate surface area is 303 Å². The second-order valence-electron chi connectivity index (χ2n) is 13.9. The van der Waals surface area contributed by atoms with Crippen LogP contribution >= 0.6 is 11.6 Å². The Bertz CT molecular complexity index is 1900. The van der Waals surface area contributed by atoms with E-state index in [4.69, 9.17) is 22.1 Å². The van der Waals surface area contributed by atoms with Crippen molar-refractivity contribution in [3.63, 3.8) is 0 Å². The van der Waals surface area contributed by atoms with Crippen molar-refractivity contribution in [2.45, 2.75) is 56.8 Å². The number of amides is 3. The second-order valence-corrected chi connectivity index (χ2v) is 18.3. The Morgan fingerprint density at radius 3 is 2.33 bits per heavy atom. The lowest BCUT2D eigenvalue weighted by Gasteiger charge is -2.32. The predicted molar refractivity (Wildman–Crippen MR) is 201 cm³/mol. The number of halogens is 1. The van der Waals surface area contributed by atoms with Crippen LogP contribution in [0.25, 0.3) is 0 Å². The number of aliphatic hydroxyl groups excluding tert-OH is 1. The summed E-state index contributed by atoms with van der Waals surface area (Å²) in [7, 11) is -3.04. The summed E-state index contributed by atoms with van der Waals surface area (Å²) in [6.07, 6.45) is -0.816. The number of nitrogens with one attached hydrogen (secondary N) is 1. The van der Waals surface area contributed by atoms with Crippen molar-refractivity contribution in [1.29, 1.82) is 0 Å². The summed E-state index contributed by atoms with van der Waals surface area (Å²) in [6.45, 7) is 6.00. The van der Waals surface area contributed by atoms with Gasteiger partial charge < -0.3 is 35.5 Å². The molecule has 0 bridgehead atoms. The number of fused-ring (bicyclic) bond motifs is 2. The monoisotopic (exact) mass is 726 g/mol. The summed E-state index contributed by atoms with van der Waals surface area (Å²) in [5.41, 5.74) is 8.44. The van der Waals surface area contributed by atoms with Gasteiger partial charge in [-0.15, -0.1) is 0 Å². The highest BCUT2D eigenvalue weighted by atomic mass is 35.5. The standard InChI is InChI=1S/C39H43ClN4O6Si/c1-25-36(51(2,3)49)34(22-35(46)43(19-20-45)23-26-7-5-4-6-8-26)50-39(25)32-21-29(40)13-18-33(32)44(38(39)48)24-27-9-16-31(17-10-27)42-37(47)28-11-14-30(41)15-12-28/h4-18,21,25,34,36,45,49H,19-20,22-24,41H2,1-3H3,(H,42,47)/t25-,34+,36-,39+/m0/s1. The lowest BCUT2D eigenvalue weighted by molar-refractivity contribution is -0.150. The largest absolute Gasteiger partial charge is 0.432 e. The van der Waals surface area contributed by atoms with Gasteiger partial charge in [0.05, 0.1) is 31.4 Å². The SMILES string of the molecule is C[C@H]1[C@H]([Si](C)(C)O)[C@@H](CC(=O)N(CCO)Cc2ccccc2)O[C@]12C(=O)N(Cc1ccc(NC(=O)c3ccc(N)cc3)cc1)c1ccc(Cl)cc12. The van der Waals surface area contributed by atoms with Crippen LogP contribution in [0.2, 0.25) is 23.7 Å². The molecule has 1 fully saturated rings. The highest BCUT2D eigenvalue weighted by Crippen LogP contribution is 2.60. The van der Waals surface area contributed by atoms with Crippen molar-refractivity contribution in [3.8, 4) is 0 Å². The minimum Gasteiger partial charge on any atom is -0.432 e. The fraction of sp³-hybridized carbons (Fsp3) is 0.308. The van der Waals surface area contributed by atoms with E-state index in [0.717, 1.165) is 11.1 Å². The summed E-state index contributed by atoms with van der Waals surface area (Å²) < 4.78 is 6.84. The Morgan fingerprint density at radius 2 is 1.69 bits per heavy atom. The molecule has 5 N–H and O–H groups in total. The van der Waals surface area contributed by atoms with Gasteiger partial charge in [0.25, 0.3) is 11.8 Å². The molecule has 10 nitrogen and oxygen atoms in total. The molecule has 0 aromatic heterocycles. The first-order valence-corrected chi connectivity index (χ1v) is 20.4. The van der Waals surface area contributed by atoms with Gasteiger partial charge >= 0.3 is 0 Å². The molecule has 1 saturated heterocycles. The second kappa shape index (κ2) is 14.6. The molecule has 266 valence electrons. The third kappa shape index (κ3) is 7.31. The van der Waals surface area contributed by atoms with Crippen LogP contribution in [0.4, 0.5) is 17.1 Å². The normalized spacial score (nSPS) is 21.2. The Hall–Kier alpha value is -4.52. The summed E-state index contributed by atoms with van der Waals surface area (Å²) >= 11 is 6.55. The van der Waals surface area contributed by atoms with Gasteiger partial charge in [-0.3, -0.25) is 14.4 Å². The molecule has 1 spiro atoms. The molecule has 4 aromatic rings. The number of nitrogen functional groups attached to an aromatic ring is 1. The van der Waals surface area contributed by atoms with Crippen molar-refractivity contribution in [1.82, 2.24) is 4.90 Å². The number of hydrogen-bond donors (Lipinski definition) is 4. The number of hydrogen-bond acceptors (Lipinski definition) is 7. The lowest BCUT2D eigenvalue weighted by atomic mass is 9.82. The summed E-state index contributed by atoms with van der Waals surface area (Å²) in [6, 6.07) is 28.7. The van der Waals surface area contributed by atoms with Crippen LogP contribution in [-0.2, 0) is 33.0 Å². The van der Waals surface area contributed by atoms with Crippen LogP contribution in [0.3, 0.4) is 0 Å². The first-order chi connectivity index (χ1) is 24.3. The summed E-state index contributed by atoms with van der Waals surface area (Å²) in [4.78, 5) is 56.3. The van der Waals surface area contributed by atoms with Crippen molar-refractivity contribution < 1.29 is 29.0 Å². The number of ether oxygens (including phenoxy) is 1. The van der Waals surface area contributed by atoms with E-state index in [1.165, 1.54) is 0 Å². The van der Waals surface area contributed by atoms with E-state index in [0.29, 0.717) is 39.8 Å². The van der Waals surface area contributed by atoms with E-state index in [2.05, 4.69) is 5.32 Å². The zero-order chi connectivity index (χ0) is 36.5. The van der Waals surface area contributed by atoms with Crippen LogP contribution in [0.1, 0.15) is 40.4 Å². The molecule has 0 aliphatic carbocycles. The van der Waals surface area contributed by atoms with Crippen LogP contribution in [0, 0.1) is 5.92 Å². The Morgan fingerprint density at radius 1 is 1.00 bits per heavy atom. The number of anilines is 3. The van der Waals surface area contributed by atoms with Crippen LogP contribution in [-0.4, -0.2) is 60.1 Å². The van der Waals surface area contributed by atoms with Gasteiger partial charge in [-0.1, -0.05) is 61.0 Å². The van der Waals surface area contributed by atoms with Crippen molar-refractivity contribution >= 4 is 54.7 Å². The van der Waals surface area contributed by atoms with Gasteiger partial charge in [-0.2, -0.15) is 0 Å². The molecule has 0 unspecified atom stereocenters. The Balaban J connectivity index is 1.26. The molecule has 51 heavy (non-hydrogen) atoms. The van der Waals surface area contributed by atoms with E-state index in [1.807, 2.05) is 62.5 Å². The molecular formula is C39H43ClN4O6Si. The fourth-order valence-corrected chi connectivity index (χ4v) is 10.4. The number of carbonyl (C=O) groups is 3. The molecule has 0 radical (unpaired) electrons. The third-order valence-corrected chi connectivity index (χ3v) is 12.7. The third-order valence-electron chi connectivity index (χ3n) is 9.99. The lowest BCUT2D eigenvalue weighted by Crippen LogP contribution is -2.46. The first kappa shape index (κ1) is 36.3. The van der Waals surface area contributed by atoms with Crippen molar-refractivity contribution in [3.05, 3.63) is 124 Å². The van der Waals surface area contributed by atoms with Crippen LogP contribution in [0.5, 0.6) is 0 Å². The number of nitrogens with zero attached hydrogens (tertiary/aromatic N) is 2. The van der Waals surface area contributed by atoms with E-state index in [9.17, 15) is 24.3 Å². The molecule has 2 aliphatic heterocycles. The molecule has 0 saturated carbocycles. The molecule has 4 aromatic carbocycles. The zero-order valence-corrected chi connectivity index (χ0v) is 30.6. The van der Waals surface area contributed by atoms with Crippen LogP contribution < -0.4 is 16.0 Å². The van der Waals surface area contributed by atoms with Gasteiger partial charge in [0, 0.05) is 52.1 Å². The fourth-order valence-electron chi connectivity index (χ4n) is 7.64. The maximum Gasteiger partial charge on any atom is 0.264 e. The van der Waals surface area contributed by atoms with Crippen molar-refractivity contribution in [2.75, 3.05) is 29.1 Å². The predicted octanol–water partition coefficient (Wildman–Crippen LogP) is 5.93. The van der Waals surface area contributed by atoms with Gasteiger partial charge in [0.1, 0.15) is 0 Å². The van der Waals surface area contributed by atoms with E-state index in [-0.39, 0.29) is 43.8 Å². The maximum atomic E-state index is 14.8. The Kier molecular flexibility index (Phi) is 10.4. The number of aliphatic hydroxyl groups is 1. The highest BCUT2D eigenvalue weighted by molar-refractivity contribution is 6.71. The van der Waals surface area contributed by atoms with E-state index >= 15 is 0 Å². The maximum absolute atomic E-state index is 14.8. The molecule has 2 aliphatic rings. The molecule has 4 atom stereocenters. The number of rotatable bonds is 11. The average molecular weight is 727 g/mol. The summed E-state index contributed by atoms with van der Waals surface area (Å²) in [5, 5.41) is 13.1. The molecule has 12 heteroatoms. The van der Waals surface area contributed by atoms with Gasteiger partial charge in [-0.25, -0.2) is 0 Å². The number of nitrogens with two attached hydrogens (primary N) is 1. The molecular weight excluding hydrogens is 684 g/mol. The molecule has 3 amide bonds. The van der Waals surface area contributed by atoms with E-state index in [1.54, 1.807) is 64.4 Å². The summed E-state index contributed by atoms with van der Waals surface area (Å²) in [5.74, 6) is -1.27. The van der Waals surface area contributed by atoms with Gasteiger partial charge in [0.15, 0.2) is 13.9 Å². The van der Waals surface area contributed by atoms with E-state index < -0.39 is 31.5 Å². The number of benzene rings is 4. The smallest absolute Gasteiger partial charge is 0.264 e. The molecule has 2 heterocycles. The highest BCUT2D eigenvalue weighted by Gasteiger charge is 2.66. The molecule has 6 rings (SSSR count). The van der Waals surface area contributed by atoms with Gasteiger partial charge in [-0.05, 0) is 78.8 Å². The topological polar surface area (TPSA) is 145 Å². The van der Waals surface area contributed by atoms with Crippen molar-refractivity contribution in [2.24, 2.45) is 5.92 Å². The zero-order valence-electron chi connectivity index (χ0n) is 28.9. The first-order valence-electron chi connectivity index (χ1n) is 17.0. The average Bonchev–Trinajstić information content (AvgIpc) is 3.51. The number of carbonyl (C=O) groups excluding carboxylic acids is 3. The quantitative estimate of drug-likeness (QED) is 0.111. The minimum absolute atomic E-state index is 0.0622. The van der Waals surface area contributed by atoms with Gasteiger partial charge in [0.2, 0.25) is 5.91 Å². The van der Waals surface area contributed by atoms with Crippen LogP contribution in [0.15, 0.2) is 97.1 Å².